The first-order chi connectivity index (χ1) is 14.0. The monoisotopic (exact) mass is 450 g/mol. The zero-order chi connectivity index (χ0) is 20.8. The quantitative estimate of drug-likeness (QED) is 0.371. The molecule has 0 atom stereocenters. The molecule has 0 saturated heterocycles. The Labute approximate surface area is 177 Å². The highest BCUT2D eigenvalue weighted by Crippen LogP contribution is 2.31. The van der Waals surface area contributed by atoms with Crippen LogP contribution in [0.15, 0.2) is 69.1 Å². The highest BCUT2D eigenvalue weighted by Gasteiger charge is 2.13. The van der Waals surface area contributed by atoms with E-state index in [1.807, 2.05) is 38.1 Å². The van der Waals surface area contributed by atoms with Gasteiger partial charge in [0.2, 0.25) is 0 Å². The third-order valence-electron chi connectivity index (χ3n) is 4.09. The number of carbonyl (C=O) groups is 1. The van der Waals surface area contributed by atoms with Gasteiger partial charge in [-0.2, -0.15) is 5.26 Å². The number of nitriles is 1. The van der Waals surface area contributed by atoms with Crippen molar-refractivity contribution in [2.24, 2.45) is 0 Å². The maximum atomic E-state index is 12.4. The number of rotatable bonds is 6. The van der Waals surface area contributed by atoms with E-state index >= 15 is 0 Å². The van der Waals surface area contributed by atoms with Crippen molar-refractivity contribution in [3.8, 4) is 23.1 Å². The second kappa shape index (κ2) is 9.26. The smallest absolute Gasteiger partial charge is 0.266 e. The van der Waals surface area contributed by atoms with Gasteiger partial charge in [0.05, 0.1) is 6.61 Å². The molecule has 0 radical (unpaired) electrons. The number of carbonyl (C=O) groups excluding carboxylic acids is 1. The van der Waals surface area contributed by atoms with Gasteiger partial charge in [-0.05, 0) is 67.9 Å². The third kappa shape index (κ3) is 5.15. The summed E-state index contributed by atoms with van der Waals surface area (Å²) in [4.78, 5) is 12.4. The Balaban J connectivity index is 1.76. The van der Waals surface area contributed by atoms with Gasteiger partial charge in [-0.15, -0.1) is 0 Å². The van der Waals surface area contributed by atoms with Gasteiger partial charge >= 0.3 is 0 Å². The summed E-state index contributed by atoms with van der Waals surface area (Å²) in [6.45, 7) is 4.47. The van der Waals surface area contributed by atoms with E-state index in [9.17, 15) is 10.1 Å². The normalized spacial score (nSPS) is 11.0. The Morgan fingerprint density at radius 1 is 1.21 bits per heavy atom. The van der Waals surface area contributed by atoms with Crippen LogP contribution in [0.25, 0.3) is 17.4 Å². The zero-order valence-corrected chi connectivity index (χ0v) is 17.6. The van der Waals surface area contributed by atoms with Crippen molar-refractivity contribution in [3.05, 3.63) is 76.0 Å². The number of hydrogen-bond acceptors (Lipinski definition) is 4. The molecule has 0 fully saturated rings. The molecule has 0 bridgehead atoms. The van der Waals surface area contributed by atoms with Crippen LogP contribution >= 0.6 is 15.9 Å². The van der Waals surface area contributed by atoms with Crippen molar-refractivity contribution >= 4 is 33.6 Å². The van der Waals surface area contributed by atoms with Crippen LogP contribution < -0.4 is 10.1 Å². The lowest BCUT2D eigenvalue weighted by Gasteiger charge is -2.06. The number of hydrogen-bond donors (Lipinski definition) is 1. The number of ether oxygens (including phenoxy) is 1. The summed E-state index contributed by atoms with van der Waals surface area (Å²) in [6.07, 6.45) is 1.43. The van der Waals surface area contributed by atoms with Crippen LogP contribution in [0.3, 0.4) is 0 Å². The molecule has 29 heavy (non-hydrogen) atoms. The lowest BCUT2D eigenvalue weighted by Crippen LogP contribution is -2.13. The molecule has 0 spiro atoms. The van der Waals surface area contributed by atoms with E-state index in [0.717, 1.165) is 15.6 Å². The molecular weight excluding hydrogens is 432 g/mol. The summed E-state index contributed by atoms with van der Waals surface area (Å²) in [5, 5.41) is 12.1. The van der Waals surface area contributed by atoms with E-state index in [1.165, 1.54) is 6.08 Å². The Kier molecular flexibility index (Phi) is 6.53. The molecule has 0 unspecified atom stereocenters. The van der Waals surface area contributed by atoms with Gasteiger partial charge < -0.3 is 14.5 Å². The number of nitrogens with one attached hydrogen (secondary N) is 1. The van der Waals surface area contributed by atoms with Crippen molar-refractivity contribution < 1.29 is 13.9 Å². The first-order valence-electron chi connectivity index (χ1n) is 9.02. The lowest BCUT2D eigenvalue weighted by atomic mass is 10.1. The topological polar surface area (TPSA) is 75.3 Å². The lowest BCUT2D eigenvalue weighted by molar-refractivity contribution is -0.112. The molecular formula is C23H19BrN2O3. The van der Waals surface area contributed by atoms with E-state index < -0.39 is 5.91 Å². The first kappa shape index (κ1) is 20.4. The third-order valence-corrected chi connectivity index (χ3v) is 4.75. The summed E-state index contributed by atoms with van der Waals surface area (Å²) in [5.41, 5.74) is 2.55. The molecule has 0 aliphatic heterocycles. The molecule has 146 valence electrons. The number of furan rings is 1. The van der Waals surface area contributed by atoms with Crippen LogP contribution in [-0.2, 0) is 4.79 Å². The van der Waals surface area contributed by atoms with Gasteiger partial charge in [0.1, 0.15) is 28.9 Å². The van der Waals surface area contributed by atoms with Crippen molar-refractivity contribution in [3.63, 3.8) is 0 Å². The molecule has 3 rings (SSSR count). The van der Waals surface area contributed by atoms with Gasteiger partial charge in [-0.3, -0.25) is 4.79 Å². The fraction of sp³-hybridized carbons (Fsp3) is 0.130. The van der Waals surface area contributed by atoms with Crippen LogP contribution in [0.1, 0.15) is 18.2 Å². The van der Waals surface area contributed by atoms with Gasteiger partial charge in [0.15, 0.2) is 0 Å². The molecule has 0 saturated carbocycles. The number of aryl methyl sites for hydroxylation is 1. The maximum Gasteiger partial charge on any atom is 0.266 e. The second-order valence-electron chi connectivity index (χ2n) is 6.27. The molecule has 0 aliphatic rings. The van der Waals surface area contributed by atoms with Crippen molar-refractivity contribution in [1.29, 1.82) is 5.26 Å². The Bertz CT molecular complexity index is 1090. The molecule has 1 N–H and O–H groups in total. The number of anilines is 1. The predicted molar refractivity (Wildman–Crippen MR) is 116 cm³/mol. The van der Waals surface area contributed by atoms with E-state index in [0.29, 0.717) is 29.6 Å². The maximum absolute atomic E-state index is 12.4. The van der Waals surface area contributed by atoms with Crippen LogP contribution in [0.2, 0.25) is 0 Å². The van der Waals surface area contributed by atoms with Gasteiger partial charge in [0, 0.05) is 21.8 Å². The number of halogens is 1. The average molecular weight is 451 g/mol. The number of amides is 1. The first-order valence-corrected chi connectivity index (χ1v) is 9.82. The highest BCUT2D eigenvalue weighted by molar-refractivity contribution is 9.10. The van der Waals surface area contributed by atoms with E-state index in [2.05, 4.69) is 21.2 Å². The standard InChI is InChI=1S/C23H19BrN2O3/c1-3-28-18-7-5-17(6-8-18)26-23(27)16(14-25)13-19-9-11-22(29-19)20-10-4-15(2)12-21(20)24/h4-13H,3H2,1-2H3,(H,26,27). The van der Waals surface area contributed by atoms with Crippen molar-refractivity contribution in [2.45, 2.75) is 13.8 Å². The fourth-order valence-electron chi connectivity index (χ4n) is 2.69. The van der Waals surface area contributed by atoms with E-state index in [-0.39, 0.29) is 5.57 Å². The minimum absolute atomic E-state index is 0.0530. The molecule has 1 heterocycles. The summed E-state index contributed by atoms with van der Waals surface area (Å²) < 4.78 is 12.1. The summed E-state index contributed by atoms with van der Waals surface area (Å²) in [5.74, 6) is 1.27. The minimum atomic E-state index is -0.508. The summed E-state index contributed by atoms with van der Waals surface area (Å²) >= 11 is 3.53. The van der Waals surface area contributed by atoms with Crippen LogP contribution in [0, 0.1) is 18.3 Å². The van der Waals surface area contributed by atoms with E-state index in [4.69, 9.17) is 9.15 Å². The van der Waals surface area contributed by atoms with Gasteiger partial charge in [0.25, 0.3) is 5.91 Å². The Morgan fingerprint density at radius 2 is 1.97 bits per heavy atom. The van der Waals surface area contributed by atoms with E-state index in [1.54, 1.807) is 36.4 Å². The van der Waals surface area contributed by atoms with Crippen LogP contribution in [0.4, 0.5) is 5.69 Å². The number of nitrogens with zero attached hydrogens (tertiary/aromatic N) is 1. The molecule has 1 aromatic heterocycles. The zero-order valence-electron chi connectivity index (χ0n) is 16.0. The highest BCUT2D eigenvalue weighted by atomic mass is 79.9. The van der Waals surface area contributed by atoms with Crippen LogP contribution in [0.5, 0.6) is 5.75 Å². The van der Waals surface area contributed by atoms with Gasteiger partial charge in [-0.1, -0.05) is 22.0 Å². The second-order valence-corrected chi connectivity index (χ2v) is 7.12. The fourth-order valence-corrected chi connectivity index (χ4v) is 3.37. The molecule has 1 amide bonds. The molecule has 2 aromatic carbocycles. The van der Waals surface area contributed by atoms with Crippen molar-refractivity contribution in [2.75, 3.05) is 11.9 Å². The largest absolute Gasteiger partial charge is 0.494 e. The SMILES string of the molecule is CCOc1ccc(NC(=O)C(C#N)=Cc2ccc(-c3ccc(C)cc3Br)o2)cc1. The molecule has 6 heteroatoms. The molecule has 0 aliphatic carbocycles. The Morgan fingerprint density at radius 3 is 2.62 bits per heavy atom. The molecule has 3 aromatic rings. The number of benzene rings is 2. The average Bonchev–Trinajstić information content (AvgIpc) is 3.16. The predicted octanol–water partition coefficient (Wildman–Crippen LogP) is 5.96. The summed E-state index contributed by atoms with van der Waals surface area (Å²) in [6, 6.07) is 18.4. The van der Waals surface area contributed by atoms with Gasteiger partial charge in [-0.25, -0.2) is 0 Å². The van der Waals surface area contributed by atoms with Crippen molar-refractivity contribution in [1.82, 2.24) is 0 Å². The molecule has 5 nitrogen and oxygen atoms in total. The summed E-state index contributed by atoms with van der Waals surface area (Å²) in [7, 11) is 0. The minimum Gasteiger partial charge on any atom is -0.494 e. The van der Waals surface area contributed by atoms with Crippen LogP contribution in [-0.4, -0.2) is 12.5 Å². The Hall–Kier alpha value is -3.30.